The second-order valence-electron chi connectivity index (χ2n) is 6.10. The number of carbonyl (C=O) groups is 1. The van der Waals surface area contributed by atoms with E-state index in [9.17, 15) is 4.79 Å². The summed E-state index contributed by atoms with van der Waals surface area (Å²) in [6.45, 7) is 8.28. The Hall–Kier alpha value is -2.11. The third-order valence-electron chi connectivity index (χ3n) is 3.96. The number of hydrogen-bond donors (Lipinski definition) is 2. The van der Waals surface area contributed by atoms with Crippen molar-refractivity contribution >= 4 is 40.6 Å². The van der Waals surface area contributed by atoms with Gasteiger partial charge in [0, 0.05) is 5.69 Å². The van der Waals surface area contributed by atoms with Crippen LogP contribution < -0.4 is 10.6 Å². The molecule has 0 aromatic heterocycles. The van der Waals surface area contributed by atoms with Crippen LogP contribution in [0.3, 0.4) is 0 Å². The minimum absolute atomic E-state index is 0.0601. The number of carbonyl (C=O) groups excluding carboxylic acids is 1. The summed E-state index contributed by atoms with van der Waals surface area (Å²) in [5, 5.41) is 7.17. The van der Waals surface area contributed by atoms with Crippen LogP contribution in [-0.4, -0.2) is 17.7 Å². The summed E-state index contributed by atoms with van der Waals surface area (Å²) in [5.74, 6) is -0.437. The lowest BCUT2D eigenvalue weighted by molar-refractivity contribution is 0.0526. The van der Waals surface area contributed by atoms with Crippen LogP contribution in [0.4, 0.5) is 5.69 Å². The van der Waals surface area contributed by atoms with Gasteiger partial charge >= 0.3 is 5.97 Å². The lowest BCUT2D eigenvalue weighted by Crippen LogP contribution is -2.31. The maximum absolute atomic E-state index is 11.8. The van der Waals surface area contributed by atoms with Gasteiger partial charge in [-0.15, -0.1) is 0 Å². The van der Waals surface area contributed by atoms with E-state index in [2.05, 4.69) is 49.6 Å². The predicted molar refractivity (Wildman–Crippen MR) is 111 cm³/mol. The number of nitrogens with one attached hydrogen (secondary N) is 2. The van der Waals surface area contributed by atoms with E-state index >= 15 is 0 Å². The van der Waals surface area contributed by atoms with Crippen molar-refractivity contribution in [3.63, 3.8) is 0 Å². The van der Waals surface area contributed by atoms with Crippen molar-refractivity contribution in [2.45, 2.75) is 33.7 Å². The van der Waals surface area contributed by atoms with Gasteiger partial charge in [0.15, 0.2) is 5.11 Å². The first-order valence-corrected chi connectivity index (χ1v) is 9.21. The van der Waals surface area contributed by atoms with Crippen LogP contribution in [0.1, 0.15) is 46.9 Å². The maximum atomic E-state index is 11.8. The molecule has 2 N–H and O–H groups in total. The molecule has 0 spiro atoms. The molecule has 0 radical (unpaired) electrons. The standard InChI is InChI=1S/C20H23ClN2O2S/c1-5-25-19(24)17-9-7-15(11-18(17)21)23-20(26)22-14(4)16-8-6-12(2)10-13(16)3/h6-11,14H,5H2,1-4H3,(H2,22,23,26)/t14-/m0/s1. The van der Waals surface area contributed by atoms with Crippen molar-refractivity contribution in [3.05, 3.63) is 63.7 Å². The molecule has 0 aliphatic rings. The average molecular weight is 391 g/mol. The first-order chi connectivity index (χ1) is 12.3. The van der Waals surface area contributed by atoms with Gasteiger partial charge in [-0.1, -0.05) is 35.4 Å². The summed E-state index contributed by atoms with van der Waals surface area (Å²) in [6.07, 6.45) is 0. The molecule has 2 aromatic carbocycles. The van der Waals surface area contributed by atoms with Crippen LogP contribution in [0.15, 0.2) is 36.4 Å². The lowest BCUT2D eigenvalue weighted by atomic mass is 10.0. The fourth-order valence-electron chi connectivity index (χ4n) is 2.72. The molecule has 4 nitrogen and oxygen atoms in total. The summed E-state index contributed by atoms with van der Waals surface area (Å²) in [7, 11) is 0. The molecule has 0 amide bonds. The van der Waals surface area contributed by atoms with E-state index in [0.29, 0.717) is 28.0 Å². The molecule has 0 aliphatic carbocycles. The number of thiocarbonyl (C=S) groups is 1. The second-order valence-corrected chi connectivity index (χ2v) is 6.91. The quantitative estimate of drug-likeness (QED) is 0.544. The fraction of sp³-hybridized carbons (Fsp3) is 0.300. The third kappa shape index (κ3) is 5.19. The highest BCUT2D eigenvalue weighted by Crippen LogP contribution is 2.23. The number of rotatable bonds is 5. The summed E-state index contributed by atoms with van der Waals surface area (Å²) < 4.78 is 4.97. The molecule has 0 saturated heterocycles. The van der Waals surface area contributed by atoms with E-state index in [1.165, 1.54) is 16.7 Å². The van der Waals surface area contributed by atoms with Crippen molar-refractivity contribution < 1.29 is 9.53 Å². The number of benzene rings is 2. The first-order valence-electron chi connectivity index (χ1n) is 8.43. The van der Waals surface area contributed by atoms with Gasteiger partial charge in [-0.2, -0.15) is 0 Å². The molecule has 2 aromatic rings. The Kier molecular flexibility index (Phi) is 7.00. The van der Waals surface area contributed by atoms with Crippen molar-refractivity contribution in [2.75, 3.05) is 11.9 Å². The van der Waals surface area contributed by atoms with Gasteiger partial charge in [-0.25, -0.2) is 4.79 Å². The lowest BCUT2D eigenvalue weighted by Gasteiger charge is -2.19. The highest BCUT2D eigenvalue weighted by molar-refractivity contribution is 7.80. The Labute approximate surface area is 164 Å². The van der Waals surface area contributed by atoms with Gasteiger partial charge in [-0.05, 0) is 69.2 Å². The number of anilines is 1. The Morgan fingerprint density at radius 1 is 1.23 bits per heavy atom. The number of aryl methyl sites for hydroxylation is 2. The summed E-state index contributed by atoms with van der Waals surface area (Å²) in [4.78, 5) is 11.8. The smallest absolute Gasteiger partial charge is 0.339 e. The van der Waals surface area contributed by atoms with Crippen molar-refractivity contribution in [1.82, 2.24) is 5.32 Å². The molecule has 0 saturated carbocycles. The van der Waals surface area contributed by atoms with E-state index in [-0.39, 0.29) is 6.04 Å². The zero-order chi connectivity index (χ0) is 19.3. The number of ether oxygens (including phenoxy) is 1. The zero-order valence-electron chi connectivity index (χ0n) is 15.4. The van der Waals surface area contributed by atoms with E-state index in [1.807, 2.05) is 0 Å². The van der Waals surface area contributed by atoms with Crippen molar-refractivity contribution in [2.24, 2.45) is 0 Å². The Balaban J connectivity index is 2.03. The molecule has 0 heterocycles. The highest BCUT2D eigenvalue weighted by atomic mass is 35.5. The van der Waals surface area contributed by atoms with Gasteiger partial charge < -0.3 is 15.4 Å². The van der Waals surface area contributed by atoms with Gasteiger partial charge in [0.2, 0.25) is 0 Å². The van der Waals surface area contributed by atoms with E-state index in [0.717, 1.165) is 0 Å². The topological polar surface area (TPSA) is 50.4 Å². The van der Waals surface area contributed by atoms with Crippen LogP contribution in [0.2, 0.25) is 5.02 Å². The molecule has 0 aliphatic heterocycles. The van der Waals surface area contributed by atoms with Gasteiger partial charge in [0.1, 0.15) is 0 Å². The van der Waals surface area contributed by atoms with Crippen LogP contribution >= 0.6 is 23.8 Å². The number of esters is 1. The molecule has 0 unspecified atom stereocenters. The highest BCUT2D eigenvalue weighted by Gasteiger charge is 2.13. The Morgan fingerprint density at radius 3 is 2.58 bits per heavy atom. The van der Waals surface area contributed by atoms with Crippen molar-refractivity contribution in [1.29, 1.82) is 0 Å². The van der Waals surface area contributed by atoms with Gasteiger partial charge in [-0.3, -0.25) is 0 Å². The minimum Gasteiger partial charge on any atom is -0.462 e. The predicted octanol–water partition coefficient (Wildman–Crippen LogP) is 5.18. The largest absolute Gasteiger partial charge is 0.462 e. The van der Waals surface area contributed by atoms with Crippen LogP contribution in [0.25, 0.3) is 0 Å². The summed E-state index contributed by atoms with van der Waals surface area (Å²) in [6, 6.07) is 11.4. The van der Waals surface area contributed by atoms with E-state index in [4.69, 9.17) is 28.6 Å². The summed E-state index contributed by atoms with van der Waals surface area (Å²) in [5.41, 5.74) is 4.68. The van der Waals surface area contributed by atoms with E-state index in [1.54, 1.807) is 25.1 Å². The molecule has 0 fully saturated rings. The molecular formula is C20H23ClN2O2S. The number of halogens is 1. The van der Waals surface area contributed by atoms with Gasteiger partial charge in [0.25, 0.3) is 0 Å². The summed E-state index contributed by atoms with van der Waals surface area (Å²) >= 11 is 11.6. The maximum Gasteiger partial charge on any atom is 0.339 e. The van der Waals surface area contributed by atoms with Crippen LogP contribution in [0, 0.1) is 13.8 Å². The van der Waals surface area contributed by atoms with E-state index < -0.39 is 5.97 Å². The average Bonchev–Trinajstić information content (AvgIpc) is 2.54. The number of hydrogen-bond acceptors (Lipinski definition) is 3. The molecule has 6 heteroatoms. The molecule has 1 atom stereocenters. The van der Waals surface area contributed by atoms with Crippen LogP contribution in [-0.2, 0) is 4.74 Å². The normalized spacial score (nSPS) is 11.6. The molecule has 2 rings (SSSR count). The monoisotopic (exact) mass is 390 g/mol. The SMILES string of the molecule is CCOC(=O)c1ccc(NC(=S)N[C@@H](C)c2ccc(C)cc2C)cc1Cl. The molecular weight excluding hydrogens is 368 g/mol. The molecule has 0 bridgehead atoms. The minimum atomic E-state index is -0.437. The zero-order valence-corrected chi connectivity index (χ0v) is 16.9. The Morgan fingerprint density at radius 2 is 1.96 bits per heavy atom. The molecule has 138 valence electrons. The first kappa shape index (κ1) is 20.2. The fourth-order valence-corrected chi connectivity index (χ4v) is 3.27. The Bertz CT molecular complexity index is 823. The second kappa shape index (κ2) is 9.01. The molecule has 26 heavy (non-hydrogen) atoms. The van der Waals surface area contributed by atoms with Gasteiger partial charge in [0.05, 0.1) is 23.2 Å². The van der Waals surface area contributed by atoms with Crippen molar-refractivity contribution in [3.8, 4) is 0 Å². The van der Waals surface area contributed by atoms with Crippen LogP contribution in [0.5, 0.6) is 0 Å². The third-order valence-corrected chi connectivity index (χ3v) is 4.49.